The van der Waals surface area contributed by atoms with Gasteiger partial charge in [0.2, 0.25) is 0 Å². The minimum atomic E-state index is -0.465. The molecule has 90 valence electrons. The van der Waals surface area contributed by atoms with Gasteiger partial charge >= 0.3 is 5.69 Å². The zero-order valence-corrected chi connectivity index (χ0v) is 10.8. The van der Waals surface area contributed by atoms with Crippen molar-refractivity contribution in [1.29, 1.82) is 0 Å². The van der Waals surface area contributed by atoms with E-state index in [1.54, 1.807) is 6.92 Å². The Morgan fingerprint density at radius 2 is 1.94 bits per heavy atom. The molecule has 1 aromatic heterocycles. The lowest BCUT2D eigenvalue weighted by molar-refractivity contribution is -0.383. The van der Waals surface area contributed by atoms with Gasteiger partial charge < -0.3 is 4.98 Å². The average Bonchev–Trinajstić information content (AvgIpc) is 2.60. The van der Waals surface area contributed by atoms with Crippen LogP contribution in [0, 0.1) is 17.0 Å². The molecule has 0 saturated carbocycles. The summed E-state index contributed by atoms with van der Waals surface area (Å²) in [6, 6.07) is 0. The largest absolute Gasteiger partial charge is 0.324 e. The number of fused-ring (bicyclic) bond motifs is 1. The molecule has 17 heavy (non-hydrogen) atoms. The normalized spacial score (nSPS) is 11.0. The summed E-state index contributed by atoms with van der Waals surface area (Å²) < 4.78 is 0.705. The third-order valence-electron chi connectivity index (χ3n) is 2.79. The van der Waals surface area contributed by atoms with Crippen molar-refractivity contribution in [3.05, 3.63) is 36.2 Å². The number of aromatic nitrogens is 2. The van der Waals surface area contributed by atoms with Crippen LogP contribution in [0.15, 0.2) is 9.27 Å². The number of halogens is 1. The summed E-state index contributed by atoms with van der Waals surface area (Å²) in [5.74, 6) is 0. The van der Waals surface area contributed by atoms with Crippen LogP contribution in [0.5, 0.6) is 0 Å². The van der Waals surface area contributed by atoms with Crippen molar-refractivity contribution in [1.82, 2.24) is 9.97 Å². The molecule has 0 spiro atoms. The topological polar surface area (TPSA) is 91.8 Å². The molecule has 1 aromatic carbocycles. The highest BCUT2D eigenvalue weighted by atomic mass is 79.9. The predicted octanol–water partition coefficient (Wildman–Crippen LogP) is 2.40. The van der Waals surface area contributed by atoms with Crippen molar-refractivity contribution in [2.24, 2.45) is 0 Å². The number of nitro groups is 1. The van der Waals surface area contributed by atoms with Gasteiger partial charge in [-0.05, 0) is 34.8 Å². The first-order chi connectivity index (χ1) is 7.97. The molecule has 1 heterocycles. The Morgan fingerprint density at radius 3 is 2.47 bits per heavy atom. The highest BCUT2D eigenvalue weighted by molar-refractivity contribution is 9.10. The number of nitrogens with one attached hydrogen (secondary N) is 2. The average molecular weight is 300 g/mol. The molecule has 2 aromatic rings. The number of benzene rings is 1. The van der Waals surface area contributed by atoms with Crippen molar-refractivity contribution >= 4 is 32.7 Å². The summed E-state index contributed by atoms with van der Waals surface area (Å²) >= 11 is 3.38. The zero-order valence-electron chi connectivity index (χ0n) is 9.26. The maximum absolute atomic E-state index is 11.3. The first-order valence-electron chi connectivity index (χ1n) is 5.04. The summed E-state index contributed by atoms with van der Waals surface area (Å²) in [6.07, 6.45) is 0.649. The second-order valence-corrected chi connectivity index (χ2v) is 4.50. The number of H-pyrrole nitrogens is 2. The van der Waals surface area contributed by atoms with Crippen molar-refractivity contribution < 1.29 is 4.92 Å². The molecule has 0 aliphatic carbocycles. The molecule has 7 heteroatoms. The number of imidazole rings is 1. The van der Waals surface area contributed by atoms with Gasteiger partial charge in [0.15, 0.2) is 0 Å². The Hall–Kier alpha value is -1.63. The zero-order chi connectivity index (χ0) is 12.7. The summed E-state index contributed by atoms with van der Waals surface area (Å²) in [6.45, 7) is 3.60. The number of hydrogen-bond acceptors (Lipinski definition) is 3. The van der Waals surface area contributed by atoms with Crippen molar-refractivity contribution in [2.75, 3.05) is 0 Å². The predicted molar refractivity (Wildman–Crippen MR) is 67.4 cm³/mol. The Labute approximate surface area is 104 Å². The first kappa shape index (κ1) is 11.8. The maximum Gasteiger partial charge on any atom is 0.324 e. The van der Waals surface area contributed by atoms with Gasteiger partial charge in [-0.15, -0.1) is 0 Å². The Balaban J connectivity index is 3.05. The lowest BCUT2D eigenvalue weighted by atomic mass is 10.0. The van der Waals surface area contributed by atoms with E-state index < -0.39 is 10.6 Å². The van der Waals surface area contributed by atoms with Gasteiger partial charge in [0, 0.05) is 10.0 Å². The van der Waals surface area contributed by atoms with Gasteiger partial charge in [-0.25, -0.2) is 4.79 Å². The van der Waals surface area contributed by atoms with Crippen molar-refractivity contribution in [2.45, 2.75) is 20.3 Å². The van der Waals surface area contributed by atoms with Gasteiger partial charge in [-0.3, -0.25) is 15.1 Å². The number of nitro benzene ring substituents is 1. The fourth-order valence-electron chi connectivity index (χ4n) is 2.02. The Morgan fingerprint density at radius 1 is 1.35 bits per heavy atom. The quantitative estimate of drug-likeness (QED) is 0.659. The minimum Gasteiger partial charge on any atom is -0.304 e. The fourth-order valence-corrected chi connectivity index (χ4v) is 2.90. The standard InChI is InChI=1S/C10H10BrN3O3/c1-3-5-4(2)9(14(16)17)8-7(6(5)11)12-10(15)13-8/h3H2,1-2H3,(H2,12,13,15). The highest BCUT2D eigenvalue weighted by Gasteiger charge is 2.24. The molecule has 0 amide bonds. The molecule has 0 radical (unpaired) electrons. The van der Waals surface area contributed by atoms with Crippen molar-refractivity contribution in [3.8, 4) is 0 Å². The van der Waals surface area contributed by atoms with Crippen LogP contribution in [0.25, 0.3) is 11.0 Å². The van der Waals surface area contributed by atoms with Crippen LogP contribution in [0.3, 0.4) is 0 Å². The number of nitrogens with zero attached hydrogens (tertiary/aromatic N) is 1. The van der Waals surface area contributed by atoms with Gasteiger partial charge in [-0.1, -0.05) is 6.92 Å². The van der Waals surface area contributed by atoms with Gasteiger partial charge in [0.05, 0.1) is 10.4 Å². The molecule has 0 unspecified atom stereocenters. The summed E-state index contributed by atoms with van der Waals surface area (Å²) in [4.78, 5) is 26.9. The molecule has 0 atom stereocenters. The third kappa shape index (κ3) is 1.66. The molecule has 0 aliphatic heterocycles. The van der Waals surface area contributed by atoms with E-state index in [0.29, 0.717) is 22.0 Å². The summed E-state index contributed by atoms with van der Waals surface area (Å²) in [7, 11) is 0. The Kier molecular flexibility index (Phi) is 2.78. The van der Waals surface area contributed by atoms with E-state index in [-0.39, 0.29) is 11.2 Å². The van der Waals surface area contributed by atoms with Crippen molar-refractivity contribution in [3.63, 3.8) is 0 Å². The third-order valence-corrected chi connectivity index (χ3v) is 3.67. The molecule has 6 nitrogen and oxygen atoms in total. The minimum absolute atomic E-state index is 0.0431. The van der Waals surface area contributed by atoms with Crippen LogP contribution < -0.4 is 5.69 Å². The molecule has 0 saturated heterocycles. The van der Waals surface area contributed by atoms with Gasteiger partial charge in [-0.2, -0.15) is 0 Å². The highest BCUT2D eigenvalue weighted by Crippen LogP contribution is 2.36. The first-order valence-corrected chi connectivity index (χ1v) is 5.84. The second-order valence-electron chi connectivity index (χ2n) is 3.71. The summed E-state index contributed by atoms with van der Waals surface area (Å²) in [5, 5.41) is 11.1. The number of hydrogen-bond donors (Lipinski definition) is 2. The van der Waals surface area contributed by atoms with Crippen LogP contribution in [0.2, 0.25) is 0 Å². The van der Waals surface area contributed by atoms with Crippen LogP contribution in [-0.2, 0) is 6.42 Å². The van der Waals surface area contributed by atoms with Crippen LogP contribution >= 0.6 is 15.9 Å². The molecule has 0 bridgehead atoms. The summed E-state index contributed by atoms with van der Waals surface area (Å²) in [5.41, 5.74) is 1.60. The second kappa shape index (κ2) is 3.99. The number of aromatic amines is 2. The van der Waals surface area contributed by atoms with E-state index in [4.69, 9.17) is 0 Å². The lowest BCUT2D eigenvalue weighted by Gasteiger charge is -2.08. The Bertz CT molecular complexity index is 671. The van der Waals surface area contributed by atoms with Crippen LogP contribution in [-0.4, -0.2) is 14.9 Å². The van der Waals surface area contributed by atoms with E-state index >= 15 is 0 Å². The van der Waals surface area contributed by atoms with Gasteiger partial charge in [0.25, 0.3) is 5.69 Å². The van der Waals surface area contributed by atoms with Crippen LogP contribution in [0.4, 0.5) is 5.69 Å². The SMILES string of the molecule is CCc1c(C)c([N+](=O)[O-])c2[nH]c(=O)[nH]c2c1Br. The van der Waals surface area contributed by atoms with E-state index in [9.17, 15) is 14.9 Å². The molecule has 2 N–H and O–H groups in total. The van der Waals surface area contributed by atoms with E-state index in [2.05, 4.69) is 25.9 Å². The number of rotatable bonds is 2. The maximum atomic E-state index is 11.3. The van der Waals surface area contributed by atoms with E-state index in [0.717, 1.165) is 5.56 Å². The van der Waals surface area contributed by atoms with Gasteiger partial charge in [0.1, 0.15) is 5.52 Å². The fraction of sp³-hybridized carbons (Fsp3) is 0.300. The molecular formula is C10H10BrN3O3. The van der Waals surface area contributed by atoms with Crippen LogP contribution in [0.1, 0.15) is 18.1 Å². The monoisotopic (exact) mass is 299 g/mol. The van der Waals surface area contributed by atoms with E-state index in [1.165, 1.54) is 0 Å². The molecule has 2 rings (SSSR count). The lowest BCUT2D eigenvalue weighted by Crippen LogP contribution is -2.00. The molecule has 0 aliphatic rings. The molecule has 0 fully saturated rings. The molecular weight excluding hydrogens is 290 g/mol. The smallest absolute Gasteiger partial charge is 0.304 e. The van der Waals surface area contributed by atoms with E-state index in [1.807, 2.05) is 6.92 Å².